The first kappa shape index (κ1) is 10.4. The molecule has 2 rings (SSSR count). The Morgan fingerprint density at radius 2 is 2.00 bits per heavy atom. The Kier molecular flexibility index (Phi) is 3.42. The Bertz CT molecular complexity index is 186. The van der Waals surface area contributed by atoms with Crippen LogP contribution in [-0.2, 0) is 4.74 Å². The average Bonchev–Trinajstić information content (AvgIpc) is 2.67. The van der Waals surface area contributed by atoms with Crippen molar-refractivity contribution in [2.45, 2.75) is 50.3 Å². The van der Waals surface area contributed by atoms with E-state index in [9.17, 15) is 0 Å². The van der Waals surface area contributed by atoms with Crippen LogP contribution in [0.1, 0.15) is 32.1 Å². The predicted octanol–water partition coefficient (Wildman–Crippen LogP) is 0.977. The summed E-state index contributed by atoms with van der Waals surface area (Å²) < 4.78 is 5.38. The number of nitrogens with two attached hydrogens (primary N) is 1. The quantitative estimate of drug-likeness (QED) is 0.719. The minimum atomic E-state index is 0.402. The molecule has 14 heavy (non-hydrogen) atoms. The topological polar surface area (TPSA) is 38.5 Å². The van der Waals surface area contributed by atoms with E-state index in [2.05, 4.69) is 4.90 Å². The van der Waals surface area contributed by atoms with Gasteiger partial charge in [0, 0.05) is 32.3 Å². The molecule has 3 unspecified atom stereocenters. The van der Waals surface area contributed by atoms with Crippen molar-refractivity contribution in [1.29, 1.82) is 0 Å². The second kappa shape index (κ2) is 4.60. The van der Waals surface area contributed by atoms with Crippen LogP contribution in [0.2, 0.25) is 0 Å². The van der Waals surface area contributed by atoms with Crippen LogP contribution in [0.25, 0.3) is 0 Å². The molecular formula is C11H22N2O. The first-order valence-corrected chi connectivity index (χ1v) is 5.83. The van der Waals surface area contributed by atoms with Gasteiger partial charge in [0.25, 0.3) is 0 Å². The molecule has 1 heterocycles. The third kappa shape index (κ3) is 2.10. The lowest BCUT2D eigenvalue weighted by Gasteiger charge is -2.35. The largest absolute Gasteiger partial charge is 0.380 e. The normalized spacial score (nSPS) is 40.3. The minimum Gasteiger partial charge on any atom is -0.380 e. The van der Waals surface area contributed by atoms with Crippen LogP contribution in [0.4, 0.5) is 0 Å². The molecule has 2 N–H and O–H groups in total. The monoisotopic (exact) mass is 198 g/mol. The van der Waals surface area contributed by atoms with Crippen molar-refractivity contribution in [3.8, 4) is 0 Å². The molecule has 0 radical (unpaired) electrons. The Morgan fingerprint density at radius 1 is 1.21 bits per heavy atom. The summed E-state index contributed by atoms with van der Waals surface area (Å²) in [5, 5.41) is 0. The van der Waals surface area contributed by atoms with E-state index in [1.165, 1.54) is 38.6 Å². The van der Waals surface area contributed by atoms with Gasteiger partial charge in [-0.3, -0.25) is 4.90 Å². The number of rotatable bonds is 2. The van der Waals surface area contributed by atoms with E-state index in [4.69, 9.17) is 10.5 Å². The van der Waals surface area contributed by atoms with E-state index in [-0.39, 0.29) is 0 Å². The van der Waals surface area contributed by atoms with E-state index in [0.29, 0.717) is 18.2 Å². The maximum absolute atomic E-state index is 6.16. The standard InChI is InChI=1S/C11H22N2O/c1-14-9-6-7-13(8-9)11-5-3-2-4-10(11)12/h9-11H,2-8,12H2,1H3. The van der Waals surface area contributed by atoms with Crippen LogP contribution < -0.4 is 5.73 Å². The lowest BCUT2D eigenvalue weighted by atomic mass is 9.90. The predicted molar refractivity (Wildman–Crippen MR) is 57.2 cm³/mol. The van der Waals surface area contributed by atoms with Gasteiger partial charge in [-0.25, -0.2) is 0 Å². The zero-order valence-corrected chi connectivity index (χ0v) is 9.11. The fourth-order valence-corrected chi connectivity index (χ4v) is 2.84. The van der Waals surface area contributed by atoms with Gasteiger partial charge in [0.1, 0.15) is 0 Å². The second-order valence-corrected chi connectivity index (χ2v) is 4.66. The molecule has 0 aromatic rings. The molecule has 0 bridgehead atoms. The van der Waals surface area contributed by atoms with E-state index in [1.54, 1.807) is 0 Å². The summed E-state index contributed by atoms with van der Waals surface area (Å²) in [6.07, 6.45) is 6.80. The summed E-state index contributed by atoms with van der Waals surface area (Å²) >= 11 is 0. The number of likely N-dealkylation sites (tertiary alicyclic amines) is 1. The molecule has 2 fully saturated rings. The fraction of sp³-hybridized carbons (Fsp3) is 1.00. The Labute approximate surface area is 86.6 Å². The minimum absolute atomic E-state index is 0.402. The summed E-state index contributed by atoms with van der Waals surface area (Å²) in [5.41, 5.74) is 6.16. The fourth-order valence-electron chi connectivity index (χ4n) is 2.84. The summed E-state index contributed by atoms with van der Waals surface area (Å²) in [6, 6.07) is 1.03. The average molecular weight is 198 g/mol. The van der Waals surface area contributed by atoms with Gasteiger partial charge in [-0.1, -0.05) is 12.8 Å². The Morgan fingerprint density at radius 3 is 2.64 bits per heavy atom. The Balaban J connectivity index is 1.88. The lowest BCUT2D eigenvalue weighted by Crippen LogP contribution is -2.48. The molecule has 3 heteroatoms. The van der Waals surface area contributed by atoms with Gasteiger partial charge in [0.05, 0.1) is 6.10 Å². The molecular weight excluding hydrogens is 176 g/mol. The van der Waals surface area contributed by atoms with Crippen molar-refractivity contribution in [3.63, 3.8) is 0 Å². The zero-order valence-electron chi connectivity index (χ0n) is 9.11. The molecule has 0 aromatic carbocycles. The summed E-state index contributed by atoms with van der Waals surface area (Å²) in [5.74, 6) is 0. The van der Waals surface area contributed by atoms with E-state index in [0.717, 1.165) is 6.54 Å². The van der Waals surface area contributed by atoms with Crippen molar-refractivity contribution in [2.24, 2.45) is 5.73 Å². The van der Waals surface area contributed by atoms with Crippen molar-refractivity contribution in [2.75, 3.05) is 20.2 Å². The van der Waals surface area contributed by atoms with Gasteiger partial charge in [-0.2, -0.15) is 0 Å². The van der Waals surface area contributed by atoms with Crippen molar-refractivity contribution >= 4 is 0 Å². The number of ether oxygens (including phenoxy) is 1. The molecule has 2 aliphatic rings. The number of nitrogens with zero attached hydrogens (tertiary/aromatic N) is 1. The van der Waals surface area contributed by atoms with E-state index in [1.807, 2.05) is 7.11 Å². The van der Waals surface area contributed by atoms with E-state index >= 15 is 0 Å². The van der Waals surface area contributed by atoms with Crippen molar-refractivity contribution in [3.05, 3.63) is 0 Å². The third-order valence-corrected chi connectivity index (χ3v) is 3.76. The molecule has 3 atom stereocenters. The maximum Gasteiger partial charge on any atom is 0.0710 e. The summed E-state index contributed by atoms with van der Waals surface area (Å²) in [6.45, 7) is 2.27. The smallest absolute Gasteiger partial charge is 0.0710 e. The van der Waals surface area contributed by atoms with Crippen LogP contribution in [0.5, 0.6) is 0 Å². The molecule has 0 aromatic heterocycles. The van der Waals surface area contributed by atoms with Crippen LogP contribution in [0.3, 0.4) is 0 Å². The van der Waals surface area contributed by atoms with Gasteiger partial charge in [0.15, 0.2) is 0 Å². The van der Waals surface area contributed by atoms with Crippen molar-refractivity contribution in [1.82, 2.24) is 4.90 Å². The molecule has 82 valence electrons. The molecule has 0 spiro atoms. The third-order valence-electron chi connectivity index (χ3n) is 3.76. The summed E-state index contributed by atoms with van der Waals surface area (Å²) in [4.78, 5) is 2.54. The van der Waals surface area contributed by atoms with Gasteiger partial charge in [-0.15, -0.1) is 0 Å². The van der Waals surface area contributed by atoms with Crippen LogP contribution in [0, 0.1) is 0 Å². The Hall–Kier alpha value is -0.120. The highest BCUT2D eigenvalue weighted by Gasteiger charge is 2.32. The molecule has 1 aliphatic carbocycles. The van der Waals surface area contributed by atoms with Crippen molar-refractivity contribution < 1.29 is 4.74 Å². The molecule has 0 amide bonds. The summed E-state index contributed by atoms with van der Waals surface area (Å²) in [7, 11) is 1.81. The second-order valence-electron chi connectivity index (χ2n) is 4.66. The maximum atomic E-state index is 6.16. The number of hydrogen-bond acceptors (Lipinski definition) is 3. The van der Waals surface area contributed by atoms with Crippen LogP contribution in [0.15, 0.2) is 0 Å². The molecule has 1 saturated carbocycles. The van der Waals surface area contributed by atoms with Gasteiger partial charge >= 0.3 is 0 Å². The number of hydrogen-bond donors (Lipinski definition) is 1. The highest BCUT2D eigenvalue weighted by atomic mass is 16.5. The first-order chi connectivity index (χ1) is 6.81. The molecule has 1 aliphatic heterocycles. The SMILES string of the molecule is COC1CCN(C2CCCCC2N)C1. The first-order valence-electron chi connectivity index (χ1n) is 5.83. The molecule has 3 nitrogen and oxygen atoms in total. The van der Waals surface area contributed by atoms with Crippen LogP contribution >= 0.6 is 0 Å². The van der Waals surface area contributed by atoms with Gasteiger partial charge in [0.2, 0.25) is 0 Å². The van der Waals surface area contributed by atoms with Gasteiger partial charge in [-0.05, 0) is 19.3 Å². The highest BCUT2D eigenvalue weighted by Crippen LogP contribution is 2.25. The van der Waals surface area contributed by atoms with Gasteiger partial charge < -0.3 is 10.5 Å². The highest BCUT2D eigenvalue weighted by molar-refractivity contribution is 4.90. The number of methoxy groups -OCH3 is 1. The van der Waals surface area contributed by atoms with Crippen LogP contribution in [-0.4, -0.2) is 43.3 Å². The van der Waals surface area contributed by atoms with E-state index < -0.39 is 0 Å². The zero-order chi connectivity index (χ0) is 9.97. The molecule has 1 saturated heterocycles. The lowest BCUT2D eigenvalue weighted by molar-refractivity contribution is 0.0914.